The number of hydrogen-bond donors (Lipinski definition) is 1. The van der Waals surface area contributed by atoms with Gasteiger partial charge in [-0.2, -0.15) is 5.10 Å². The van der Waals surface area contributed by atoms with Crippen molar-refractivity contribution in [2.45, 2.75) is 20.3 Å². The number of hydrogen-bond acceptors (Lipinski definition) is 2. The van der Waals surface area contributed by atoms with E-state index >= 15 is 0 Å². The summed E-state index contributed by atoms with van der Waals surface area (Å²) >= 11 is 0. The molecule has 1 N–H and O–H groups in total. The van der Waals surface area contributed by atoms with Crippen molar-refractivity contribution in [1.82, 2.24) is 10.2 Å². The zero-order valence-electron chi connectivity index (χ0n) is 11.9. The highest BCUT2D eigenvalue weighted by Gasteiger charge is 2.06. The lowest BCUT2D eigenvalue weighted by Gasteiger charge is -1.94. The Morgan fingerprint density at radius 3 is 2.70 bits per heavy atom. The minimum Gasteiger partial charge on any atom is -0.276 e. The summed E-state index contributed by atoms with van der Waals surface area (Å²) < 4.78 is 0. The Morgan fingerprint density at radius 1 is 1.10 bits per heavy atom. The van der Waals surface area contributed by atoms with Crippen LogP contribution in [0.2, 0.25) is 0 Å². The van der Waals surface area contributed by atoms with E-state index in [9.17, 15) is 0 Å². The zero-order chi connectivity index (χ0) is 14.2. The van der Waals surface area contributed by atoms with Crippen LogP contribution in [-0.2, 0) is 0 Å². The maximum atomic E-state index is 4.40. The smallest absolute Gasteiger partial charge is 0.0927 e. The summed E-state index contributed by atoms with van der Waals surface area (Å²) in [5.41, 5.74) is 3.90. The Hall–Kier alpha value is -2.42. The van der Waals surface area contributed by atoms with Crippen molar-refractivity contribution in [3.05, 3.63) is 60.3 Å². The third-order valence-corrected chi connectivity index (χ3v) is 2.79. The summed E-state index contributed by atoms with van der Waals surface area (Å²) in [4.78, 5) is 4.40. The van der Waals surface area contributed by atoms with Crippen molar-refractivity contribution in [3.63, 3.8) is 0 Å². The Bertz CT molecular complexity index is 619. The van der Waals surface area contributed by atoms with E-state index in [4.69, 9.17) is 0 Å². The minimum atomic E-state index is 0.875. The number of benzene rings is 1. The van der Waals surface area contributed by atoms with Crippen LogP contribution in [0.25, 0.3) is 17.0 Å². The molecule has 0 unspecified atom stereocenters. The second-order valence-corrected chi connectivity index (χ2v) is 4.06. The van der Waals surface area contributed by atoms with E-state index in [1.165, 1.54) is 0 Å². The summed E-state index contributed by atoms with van der Waals surface area (Å²) in [6.07, 6.45) is 8.86. The quantitative estimate of drug-likeness (QED) is 0.854. The number of allylic oxidation sites excluding steroid dienone is 3. The van der Waals surface area contributed by atoms with Crippen LogP contribution in [-0.4, -0.2) is 16.4 Å². The number of aliphatic imine (C=N–C) groups is 1. The van der Waals surface area contributed by atoms with Crippen LogP contribution in [0.4, 0.5) is 0 Å². The zero-order valence-corrected chi connectivity index (χ0v) is 11.9. The average molecular weight is 265 g/mol. The van der Waals surface area contributed by atoms with Gasteiger partial charge in [0.1, 0.15) is 0 Å². The first-order chi connectivity index (χ1) is 9.93. The van der Waals surface area contributed by atoms with Crippen molar-refractivity contribution in [3.8, 4) is 11.3 Å². The fraction of sp³-hybridized carbons (Fsp3) is 0.176. The molecule has 102 valence electrons. The topological polar surface area (TPSA) is 41.0 Å². The Labute approximate surface area is 119 Å². The summed E-state index contributed by atoms with van der Waals surface area (Å²) in [7, 11) is 0. The van der Waals surface area contributed by atoms with Crippen molar-refractivity contribution in [1.29, 1.82) is 0 Å². The van der Waals surface area contributed by atoms with Crippen LogP contribution >= 0.6 is 0 Å². The number of aromatic nitrogens is 2. The molecule has 3 nitrogen and oxygen atoms in total. The molecule has 2 heterocycles. The van der Waals surface area contributed by atoms with Gasteiger partial charge < -0.3 is 0 Å². The van der Waals surface area contributed by atoms with Crippen molar-refractivity contribution in [2.75, 3.05) is 0 Å². The lowest BCUT2D eigenvalue weighted by Crippen LogP contribution is -1.80. The molecular formula is C17H19N3. The molecule has 20 heavy (non-hydrogen) atoms. The summed E-state index contributed by atoms with van der Waals surface area (Å²) in [5, 5.41) is 7.36. The van der Waals surface area contributed by atoms with Gasteiger partial charge in [-0.1, -0.05) is 56.3 Å². The van der Waals surface area contributed by atoms with Crippen molar-refractivity contribution < 1.29 is 0 Å². The van der Waals surface area contributed by atoms with E-state index in [-0.39, 0.29) is 0 Å². The highest BCUT2D eigenvalue weighted by atomic mass is 15.1. The molecule has 1 aromatic carbocycles. The van der Waals surface area contributed by atoms with Gasteiger partial charge >= 0.3 is 0 Å². The fourth-order valence-electron chi connectivity index (χ4n) is 1.86. The van der Waals surface area contributed by atoms with E-state index in [2.05, 4.69) is 21.3 Å². The molecule has 1 aromatic heterocycles. The van der Waals surface area contributed by atoms with Gasteiger partial charge in [-0.15, -0.1) is 0 Å². The van der Waals surface area contributed by atoms with Gasteiger partial charge in [-0.3, -0.25) is 10.1 Å². The second-order valence-electron chi connectivity index (χ2n) is 4.06. The Kier molecular flexibility index (Phi) is 5.07. The van der Waals surface area contributed by atoms with E-state index in [1.54, 1.807) is 0 Å². The highest BCUT2D eigenvalue weighted by Crippen LogP contribution is 2.22. The lowest BCUT2D eigenvalue weighted by atomic mass is 10.1. The predicted octanol–water partition coefficient (Wildman–Crippen LogP) is 4.47. The third kappa shape index (κ3) is 3.32. The van der Waals surface area contributed by atoms with Crippen LogP contribution in [0.3, 0.4) is 0 Å². The maximum absolute atomic E-state index is 4.40. The number of rotatable bonds is 2. The first kappa shape index (κ1) is 14.0. The number of H-pyrrole nitrogens is 1. The lowest BCUT2D eigenvalue weighted by molar-refractivity contribution is 1.07. The number of nitrogens with one attached hydrogen (secondary N) is 1. The first-order valence-corrected chi connectivity index (χ1v) is 6.94. The van der Waals surface area contributed by atoms with Gasteiger partial charge in [0.15, 0.2) is 0 Å². The Morgan fingerprint density at radius 2 is 1.90 bits per heavy atom. The average Bonchev–Trinajstić information content (AvgIpc) is 2.86. The SMILES string of the molecule is C1=CCC=NC(c2cc(-c3ccccc3)n[nH]2)=C1.CC. The molecule has 1 aliphatic rings. The molecule has 1 aliphatic heterocycles. The second kappa shape index (κ2) is 7.24. The summed E-state index contributed by atoms with van der Waals surface area (Å²) in [6, 6.07) is 12.1. The van der Waals surface area contributed by atoms with Gasteiger partial charge in [0.25, 0.3) is 0 Å². The maximum Gasteiger partial charge on any atom is 0.0927 e. The number of aromatic amines is 1. The summed E-state index contributed by atoms with van der Waals surface area (Å²) in [5.74, 6) is 0. The molecule has 0 fully saturated rings. The molecule has 0 saturated carbocycles. The molecule has 0 bridgehead atoms. The largest absolute Gasteiger partial charge is 0.276 e. The fourth-order valence-corrected chi connectivity index (χ4v) is 1.86. The van der Waals surface area contributed by atoms with Gasteiger partial charge in [0.2, 0.25) is 0 Å². The van der Waals surface area contributed by atoms with Gasteiger partial charge in [0.05, 0.1) is 17.1 Å². The van der Waals surface area contributed by atoms with Gasteiger partial charge in [-0.05, 0) is 12.1 Å². The predicted molar refractivity (Wildman–Crippen MR) is 85.6 cm³/mol. The minimum absolute atomic E-state index is 0.875. The molecule has 0 saturated heterocycles. The van der Waals surface area contributed by atoms with E-state index in [0.717, 1.165) is 29.1 Å². The standard InChI is InChI=1S/C15H13N3.C2H6/c1-3-7-12(8-4-1)14-11-15(18-17-14)13-9-5-2-6-10-16-13;1-2/h1-5,7-11H,6H2,(H,17,18);1-2H3. The van der Waals surface area contributed by atoms with Gasteiger partial charge in [-0.25, -0.2) is 0 Å². The molecule has 3 rings (SSSR count). The first-order valence-electron chi connectivity index (χ1n) is 6.94. The molecular weight excluding hydrogens is 246 g/mol. The molecule has 0 atom stereocenters. The van der Waals surface area contributed by atoms with E-state index in [0.29, 0.717) is 0 Å². The number of nitrogens with zero attached hydrogens (tertiary/aromatic N) is 2. The van der Waals surface area contributed by atoms with Crippen LogP contribution in [0.5, 0.6) is 0 Å². The Balaban J connectivity index is 0.000000704. The van der Waals surface area contributed by atoms with E-state index in [1.807, 2.05) is 68.6 Å². The van der Waals surface area contributed by atoms with Crippen LogP contribution in [0.15, 0.2) is 59.6 Å². The molecule has 0 aliphatic carbocycles. The molecule has 0 spiro atoms. The van der Waals surface area contributed by atoms with Crippen LogP contribution < -0.4 is 0 Å². The van der Waals surface area contributed by atoms with Crippen molar-refractivity contribution >= 4 is 11.9 Å². The highest BCUT2D eigenvalue weighted by molar-refractivity contribution is 5.77. The van der Waals surface area contributed by atoms with Crippen LogP contribution in [0.1, 0.15) is 26.0 Å². The summed E-state index contributed by atoms with van der Waals surface area (Å²) in [6.45, 7) is 4.00. The molecule has 2 aromatic rings. The normalized spacial score (nSPS) is 13.2. The van der Waals surface area contributed by atoms with Crippen LogP contribution in [0, 0.1) is 0 Å². The third-order valence-electron chi connectivity index (χ3n) is 2.79. The van der Waals surface area contributed by atoms with Gasteiger partial charge in [0, 0.05) is 18.2 Å². The van der Waals surface area contributed by atoms with Crippen molar-refractivity contribution in [2.24, 2.45) is 4.99 Å². The monoisotopic (exact) mass is 265 g/mol. The molecule has 3 heteroatoms. The molecule has 0 radical (unpaired) electrons. The van der Waals surface area contributed by atoms with E-state index < -0.39 is 0 Å². The molecule has 0 amide bonds.